The Morgan fingerprint density at radius 2 is 2.04 bits per heavy atom. The van der Waals surface area contributed by atoms with Crippen LogP contribution in [0.1, 0.15) is 42.6 Å². The van der Waals surface area contributed by atoms with E-state index in [-0.39, 0.29) is 18.0 Å². The molecule has 1 amide bonds. The SMILES string of the molecule is NC1CC2CCCC(C1)C2NC(=O)c1cc(-n2cccn2)ccn1. The Labute approximate surface area is 141 Å². The van der Waals surface area contributed by atoms with Crippen LogP contribution in [0.5, 0.6) is 0 Å². The molecule has 126 valence electrons. The van der Waals surface area contributed by atoms with E-state index in [4.69, 9.17) is 5.73 Å². The van der Waals surface area contributed by atoms with Crippen molar-refractivity contribution in [1.29, 1.82) is 0 Å². The highest BCUT2D eigenvalue weighted by Crippen LogP contribution is 2.39. The van der Waals surface area contributed by atoms with E-state index in [0.29, 0.717) is 17.5 Å². The van der Waals surface area contributed by atoms with Gasteiger partial charge in [-0.1, -0.05) is 6.42 Å². The van der Waals surface area contributed by atoms with Crippen LogP contribution >= 0.6 is 0 Å². The number of aromatic nitrogens is 3. The summed E-state index contributed by atoms with van der Waals surface area (Å²) in [7, 11) is 0. The summed E-state index contributed by atoms with van der Waals surface area (Å²) >= 11 is 0. The molecule has 0 aliphatic heterocycles. The maximum absolute atomic E-state index is 12.7. The Morgan fingerprint density at radius 1 is 1.25 bits per heavy atom. The Balaban J connectivity index is 1.51. The summed E-state index contributed by atoms with van der Waals surface area (Å²) in [5, 5.41) is 7.44. The lowest BCUT2D eigenvalue weighted by atomic mass is 9.67. The first-order valence-electron chi connectivity index (χ1n) is 8.73. The standard InChI is InChI=1S/C18H23N5O/c19-14-9-12-3-1-4-13(10-14)17(12)22-18(24)16-11-15(5-7-20-16)23-8-2-6-21-23/h2,5-8,11-14,17H,1,3-4,9-10,19H2,(H,22,24). The predicted molar refractivity (Wildman–Crippen MR) is 90.7 cm³/mol. The van der Waals surface area contributed by atoms with Gasteiger partial charge >= 0.3 is 0 Å². The summed E-state index contributed by atoms with van der Waals surface area (Å²) in [6.07, 6.45) is 10.8. The van der Waals surface area contributed by atoms with Gasteiger partial charge in [0, 0.05) is 30.7 Å². The maximum Gasteiger partial charge on any atom is 0.270 e. The van der Waals surface area contributed by atoms with Crippen molar-refractivity contribution < 1.29 is 4.79 Å². The summed E-state index contributed by atoms with van der Waals surface area (Å²) in [6, 6.07) is 6.01. The van der Waals surface area contributed by atoms with Crippen LogP contribution in [0.4, 0.5) is 0 Å². The molecule has 2 aromatic rings. The molecule has 2 aliphatic carbocycles. The first-order chi connectivity index (χ1) is 11.7. The number of pyridine rings is 1. The molecule has 2 aromatic heterocycles. The van der Waals surface area contributed by atoms with Gasteiger partial charge in [0.15, 0.2) is 0 Å². The van der Waals surface area contributed by atoms with Crippen molar-refractivity contribution >= 4 is 5.91 Å². The highest BCUT2D eigenvalue weighted by atomic mass is 16.1. The van der Waals surface area contributed by atoms with E-state index in [2.05, 4.69) is 15.4 Å². The molecule has 2 aliphatic rings. The molecular weight excluding hydrogens is 302 g/mol. The summed E-state index contributed by atoms with van der Waals surface area (Å²) in [5.74, 6) is 0.915. The molecule has 3 N–H and O–H groups in total. The molecule has 0 aromatic carbocycles. The first-order valence-corrected chi connectivity index (χ1v) is 8.73. The molecule has 6 nitrogen and oxygen atoms in total. The molecular formula is C18H23N5O. The molecule has 2 atom stereocenters. The van der Waals surface area contributed by atoms with E-state index < -0.39 is 0 Å². The summed E-state index contributed by atoms with van der Waals surface area (Å²) in [6.45, 7) is 0. The molecule has 24 heavy (non-hydrogen) atoms. The van der Waals surface area contributed by atoms with Crippen LogP contribution in [0.25, 0.3) is 5.69 Å². The van der Waals surface area contributed by atoms with Gasteiger partial charge in [0.25, 0.3) is 5.91 Å². The van der Waals surface area contributed by atoms with Gasteiger partial charge in [-0.2, -0.15) is 5.10 Å². The van der Waals surface area contributed by atoms with Crippen LogP contribution in [-0.2, 0) is 0 Å². The van der Waals surface area contributed by atoms with Gasteiger partial charge in [0.05, 0.1) is 5.69 Å². The van der Waals surface area contributed by atoms with Gasteiger partial charge in [0.2, 0.25) is 0 Å². The van der Waals surface area contributed by atoms with E-state index in [9.17, 15) is 4.79 Å². The molecule has 0 saturated heterocycles. The van der Waals surface area contributed by atoms with Crippen molar-refractivity contribution in [1.82, 2.24) is 20.1 Å². The highest BCUT2D eigenvalue weighted by molar-refractivity contribution is 5.93. The minimum atomic E-state index is -0.0959. The lowest BCUT2D eigenvalue weighted by Gasteiger charge is -2.45. The molecule has 6 heteroatoms. The third-order valence-corrected chi connectivity index (χ3v) is 5.42. The Hall–Kier alpha value is -2.21. The zero-order valence-corrected chi connectivity index (χ0v) is 13.6. The lowest BCUT2D eigenvalue weighted by Crippen LogP contribution is -2.53. The fraction of sp³-hybridized carbons (Fsp3) is 0.500. The number of hydrogen-bond donors (Lipinski definition) is 2. The van der Waals surface area contributed by atoms with E-state index >= 15 is 0 Å². The molecule has 2 saturated carbocycles. The normalized spacial score (nSPS) is 29.2. The van der Waals surface area contributed by atoms with E-state index in [1.807, 2.05) is 18.3 Å². The maximum atomic E-state index is 12.7. The fourth-order valence-electron chi connectivity index (χ4n) is 4.36. The van der Waals surface area contributed by atoms with Gasteiger partial charge in [-0.3, -0.25) is 9.78 Å². The quantitative estimate of drug-likeness (QED) is 0.902. The van der Waals surface area contributed by atoms with Crippen LogP contribution < -0.4 is 11.1 Å². The average molecular weight is 325 g/mol. The van der Waals surface area contributed by atoms with Crippen LogP contribution in [0.3, 0.4) is 0 Å². The number of fused-ring (bicyclic) bond motifs is 2. The zero-order chi connectivity index (χ0) is 16.5. The second-order valence-electron chi connectivity index (χ2n) is 7.03. The molecule has 2 bridgehead atoms. The van der Waals surface area contributed by atoms with Gasteiger partial charge in [-0.15, -0.1) is 0 Å². The number of carbonyl (C=O) groups is 1. The van der Waals surface area contributed by atoms with E-state index in [0.717, 1.165) is 31.4 Å². The van der Waals surface area contributed by atoms with Gasteiger partial charge in [-0.05, 0) is 55.7 Å². The number of rotatable bonds is 3. The van der Waals surface area contributed by atoms with E-state index in [1.54, 1.807) is 23.1 Å². The van der Waals surface area contributed by atoms with Crippen LogP contribution in [0.2, 0.25) is 0 Å². The van der Waals surface area contributed by atoms with Gasteiger partial charge < -0.3 is 11.1 Å². The van der Waals surface area contributed by atoms with Crippen LogP contribution in [0.15, 0.2) is 36.8 Å². The molecule has 0 radical (unpaired) electrons. The minimum absolute atomic E-state index is 0.0959. The molecule has 2 fully saturated rings. The number of nitrogens with two attached hydrogens (primary N) is 1. The zero-order valence-electron chi connectivity index (χ0n) is 13.6. The highest BCUT2D eigenvalue weighted by Gasteiger charge is 2.40. The van der Waals surface area contributed by atoms with Crippen molar-refractivity contribution in [2.45, 2.75) is 44.2 Å². The molecule has 2 heterocycles. The van der Waals surface area contributed by atoms with Crippen LogP contribution in [-0.4, -0.2) is 32.8 Å². The van der Waals surface area contributed by atoms with Crippen LogP contribution in [0, 0.1) is 11.8 Å². The predicted octanol–water partition coefficient (Wildman–Crippen LogP) is 1.90. The lowest BCUT2D eigenvalue weighted by molar-refractivity contribution is 0.0751. The van der Waals surface area contributed by atoms with Gasteiger partial charge in [-0.25, -0.2) is 4.68 Å². The molecule has 0 spiro atoms. The second-order valence-corrected chi connectivity index (χ2v) is 7.03. The fourth-order valence-corrected chi connectivity index (χ4v) is 4.36. The molecule has 4 rings (SSSR count). The average Bonchev–Trinajstić information content (AvgIpc) is 3.10. The number of carbonyl (C=O) groups excluding carboxylic acids is 1. The molecule has 2 unspecified atom stereocenters. The third-order valence-electron chi connectivity index (χ3n) is 5.42. The Morgan fingerprint density at radius 3 is 2.75 bits per heavy atom. The topological polar surface area (TPSA) is 85.8 Å². The number of hydrogen-bond acceptors (Lipinski definition) is 4. The number of nitrogens with one attached hydrogen (secondary N) is 1. The summed E-state index contributed by atoms with van der Waals surface area (Å²) < 4.78 is 1.73. The summed E-state index contributed by atoms with van der Waals surface area (Å²) in [4.78, 5) is 17.0. The Kier molecular flexibility index (Phi) is 4.06. The third kappa shape index (κ3) is 2.94. The van der Waals surface area contributed by atoms with Crippen molar-refractivity contribution in [3.8, 4) is 5.69 Å². The monoisotopic (exact) mass is 325 g/mol. The largest absolute Gasteiger partial charge is 0.347 e. The minimum Gasteiger partial charge on any atom is -0.347 e. The summed E-state index contributed by atoms with van der Waals surface area (Å²) in [5.41, 5.74) is 7.45. The van der Waals surface area contributed by atoms with Gasteiger partial charge in [0.1, 0.15) is 5.69 Å². The number of amides is 1. The van der Waals surface area contributed by atoms with Crippen molar-refractivity contribution in [2.75, 3.05) is 0 Å². The van der Waals surface area contributed by atoms with E-state index in [1.165, 1.54) is 6.42 Å². The Bertz CT molecular complexity index is 700. The first kappa shape index (κ1) is 15.3. The smallest absolute Gasteiger partial charge is 0.270 e. The van der Waals surface area contributed by atoms with Crippen molar-refractivity contribution in [2.24, 2.45) is 17.6 Å². The number of nitrogens with zero attached hydrogens (tertiary/aromatic N) is 3. The second kappa shape index (κ2) is 6.36. The van der Waals surface area contributed by atoms with Crippen molar-refractivity contribution in [3.05, 3.63) is 42.5 Å². The van der Waals surface area contributed by atoms with Crippen molar-refractivity contribution in [3.63, 3.8) is 0 Å².